The van der Waals surface area contributed by atoms with Crippen LogP contribution in [0.1, 0.15) is 33.1 Å². The summed E-state index contributed by atoms with van der Waals surface area (Å²) in [5.41, 5.74) is 0. The Balaban J connectivity index is 2.33. The SMILES string of the molecule is CCC1(CC)CC[SiH2]1. The molecule has 48 valence electrons. The van der Waals surface area contributed by atoms with Crippen molar-refractivity contribution >= 4 is 9.52 Å². The molecule has 1 aliphatic heterocycles. The van der Waals surface area contributed by atoms with E-state index in [2.05, 4.69) is 13.8 Å². The van der Waals surface area contributed by atoms with Gasteiger partial charge >= 0.3 is 0 Å². The zero-order chi connectivity index (χ0) is 6.04. The fraction of sp³-hybridized carbons (Fsp3) is 1.00. The molecule has 8 heavy (non-hydrogen) atoms. The molecule has 0 bridgehead atoms. The van der Waals surface area contributed by atoms with Gasteiger partial charge in [-0.05, 0) is 5.04 Å². The molecule has 1 heterocycles. The molecule has 0 aromatic rings. The van der Waals surface area contributed by atoms with E-state index in [4.69, 9.17) is 0 Å². The van der Waals surface area contributed by atoms with E-state index in [1.54, 1.807) is 12.5 Å². The minimum atomic E-state index is 0.412. The van der Waals surface area contributed by atoms with Gasteiger partial charge in [-0.15, -0.1) is 0 Å². The zero-order valence-corrected chi connectivity index (χ0v) is 7.45. The molecule has 0 unspecified atom stereocenters. The van der Waals surface area contributed by atoms with Crippen LogP contribution in [0, 0.1) is 0 Å². The zero-order valence-electron chi connectivity index (χ0n) is 6.04. The van der Waals surface area contributed by atoms with Crippen LogP contribution in [0.25, 0.3) is 0 Å². The summed E-state index contributed by atoms with van der Waals surface area (Å²) in [5.74, 6) is 0. The van der Waals surface area contributed by atoms with Crippen molar-refractivity contribution in [2.45, 2.75) is 44.2 Å². The summed E-state index contributed by atoms with van der Waals surface area (Å²) in [5, 5.41) is 0.944. The molecule has 1 fully saturated rings. The normalized spacial score (nSPS) is 27.8. The van der Waals surface area contributed by atoms with Gasteiger partial charge in [0.05, 0.1) is 0 Å². The second-order valence-corrected chi connectivity index (χ2v) is 5.77. The Morgan fingerprint density at radius 3 is 1.88 bits per heavy atom. The Kier molecular flexibility index (Phi) is 1.76. The molecule has 0 nitrogen and oxygen atoms in total. The fourth-order valence-corrected chi connectivity index (χ4v) is 3.69. The Hall–Kier alpha value is 0.217. The van der Waals surface area contributed by atoms with Crippen LogP contribution in [0.15, 0.2) is 0 Å². The first-order valence-corrected chi connectivity index (χ1v) is 5.54. The quantitative estimate of drug-likeness (QED) is 0.499. The summed E-state index contributed by atoms with van der Waals surface area (Å²) in [6, 6.07) is 1.63. The molecule has 0 spiro atoms. The van der Waals surface area contributed by atoms with Crippen molar-refractivity contribution < 1.29 is 0 Å². The van der Waals surface area contributed by atoms with Crippen molar-refractivity contribution in [3.05, 3.63) is 0 Å². The largest absolute Gasteiger partial charge is 0.0651 e. The molecule has 0 aromatic carbocycles. The van der Waals surface area contributed by atoms with Crippen LogP contribution >= 0.6 is 0 Å². The standard InChI is InChI=1S/C7H16Si/c1-3-7(4-2)5-6-8-7/h3-6,8H2,1-2H3. The third-order valence-electron chi connectivity index (χ3n) is 2.91. The van der Waals surface area contributed by atoms with Gasteiger partial charge in [-0.3, -0.25) is 0 Å². The van der Waals surface area contributed by atoms with Gasteiger partial charge < -0.3 is 0 Å². The minimum absolute atomic E-state index is 0.412. The molecule has 1 saturated heterocycles. The van der Waals surface area contributed by atoms with Gasteiger partial charge in [-0.1, -0.05) is 39.2 Å². The van der Waals surface area contributed by atoms with Gasteiger partial charge in [0.15, 0.2) is 0 Å². The molecule has 0 amide bonds. The maximum Gasteiger partial charge on any atom is 0.0270 e. The van der Waals surface area contributed by atoms with Gasteiger partial charge in [0.2, 0.25) is 0 Å². The number of hydrogen-bond donors (Lipinski definition) is 0. The molecule has 0 radical (unpaired) electrons. The smallest absolute Gasteiger partial charge is 0.0270 e. The van der Waals surface area contributed by atoms with E-state index < -0.39 is 0 Å². The van der Waals surface area contributed by atoms with E-state index in [1.165, 1.54) is 12.8 Å². The minimum Gasteiger partial charge on any atom is -0.0651 e. The van der Waals surface area contributed by atoms with E-state index in [9.17, 15) is 0 Å². The number of hydrogen-bond acceptors (Lipinski definition) is 0. The van der Waals surface area contributed by atoms with Gasteiger partial charge in [0.1, 0.15) is 0 Å². The predicted molar refractivity (Wildman–Crippen MR) is 41.2 cm³/mol. The van der Waals surface area contributed by atoms with Crippen molar-refractivity contribution in [2.75, 3.05) is 0 Å². The van der Waals surface area contributed by atoms with Crippen molar-refractivity contribution in [3.8, 4) is 0 Å². The molecule has 0 N–H and O–H groups in total. The summed E-state index contributed by atoms with van der Waals surface area (Å²) < 4.78 is 0. The van der Waals surface area contributed by atoms with Crippen LogP contribution in [-0.4, -0.2) is 9.52 Å². The van der Waals surface area contributed by atoms with E-state index in [1.807, 2.05) is 0 Å². The molecule has 1 rings (SSSR count). The molecule has 1 heteroatoms. The highest BCUT2D eigenvalue weighted by Crippen LogP contribution is 2.47. The van der Waals surface area contributed by atoms with Crippen LogP contribution < -0.4 is 0 Å². The molecule has 1 aliphatic rings. The lowest BCUT2D eigenvalue weighted by atomic mass is 9.97. The first-order chi connectivity index (χ1) is 3.83. The molecule has 0 saturated carbocycles. The summed E-state index contributed by atoms with van der Waals surface area (Å²) in [4.78, 5) is 0. The summed E-state index contributed by atoms with van der Waals surface area (Å²) in [6.07, 6.45) is 4.50. The fourth-order valence-electron chi connectivity index (χ4n) is 1.63. The summed E-state index contributed by atoms with van der Waals surface area (Å²) in [6.45, 7) is 4.71. The summed E-state index contributed by atoms with van der Waals surface area (Å²) >= 11 is 0. The molecule has 0 atom stereocenters. The van der Waals surface area contributed by atoms with Gasteiger partial charge in [0.25, 0.3) is 0 Å². The Morgan fingerprint density at radius 2 is 1.88 bits per heavy atom. The highest BCUT2D eigenvalue weighted by atomic mass is 28.2. The Bertz CT molecular complexity index is 60.9. The Labute approximate surface area is 54.5 Å². The monoisotopic (exact) mass is 128 g/mol. The van der Waals surface area contributed by atoms with E-state index in [0.717, 1.165) is 5.04 Å². The molecular weight excluding hydrogens is 112 g/mol. The first-order valence-electron chi connectivity index (χ1n) is 3.83. The first kappa shape index (κ1) is 6.34. The third kappa shape index (κ3) is 0.837. The predicted octanol–water partition coefficient (Wildman–Crippen LogP) is 1.96. The summed E-state index contributed by atoms with van der Waals surface area (Å²) in [7, 11) is 0.412. The highest BCUT2D eigenvalue weighted by molar-refractivity contribution is 6.44. The highest BCUT2D eigenvalue weighted by Gasteiger charge is 2.32. The second-order valence-electron chi connectivity index (χ2n) is 3.06. The van der Waals surface area contributed by atoms with Crippen molar-refractivity contribution in [1.29, 1.82) is 0 Å². The second kappa shape index (κ2) is 2.22. The maximum absolute atomic E-state index is 2.36. The van der Waals surface area contributed by atoms with Gasteiger partial charge in [-0.2, -0.15) is 0 Å². The molecule has 0 aromatic heterocycles. The third-order valence-corrected chi connectivity index (χ3v) is 6.04. The van der Waals surface area contributed by atoms with Crippen LogP contribution in [0.2, 0.25) is 11.1 Å². The van der Waals surface area contributed by atoms with Crippen molar-refractivity contribution in [2.24, 2.45) is 0 Å². The van der Waals surface area contributed by atoms with Crippen LogP contribution in [0.3, 0.4) is 0 Å². The van der Waals surface area contributed by atoms with Gasteiger partial charge in [-0.25, -0.2) is 0 Å². The lowest BCUT2D eigenvalue weighted by Gasteiger charge is -2.40. The maximum atomic E-state index is 2.36. The van der Waals surface area contributed by atoms with Gasteiger partial charge in [0, 0.05) is 9.52 Å². The average Bonchev–Trinajstić information content (AvgIpc) is 1.67. The lowest BCUT2D eigenvalue weighted by Crippen LogP contribution is -2.28. The lowest BCUT2D eigenvalue weighted by molar-refractivity contribution is 0.451. The van der Waals surface area contributed by atoms with Crippen LogP contribution in [0.4, 0.5) is 0 Å². The average molecular weight is 128 g/mol. The van der Waals surface area contributed by atoms with Crippen LogP contribution in [0.5, 0.6) is 0 Å². The van der Waals surface area contributed by atoms with Crippen molar-refractivity contribution in [1.82, 2.24) is 0 Å². The molecular formula is C7H16Si. The van der Waals surface area contributed by atoms with Crippen molar-refractivity contribution in [3.63, 3.8) is 0 Å². The van der Waals surface area contributed by atoms with E-state index >= 15 is 0 Å². The number of rotatable bonds is 2. The topological polar surface area (TPSA) is 0 Å². The van der Waals surface area contributed by atoms with Crippen LogP contribution in [-0.2, 0) is 0 Å². The molecule has 0 aliphatic carbocycles. The van der Waals surface area contributed by atoms with E-state index in [0.29, 0.717) is 9.52 Å². The van der Waals surface area contributed by atoms with E-state index in [-0.39, 0.29) is 0 Å². The Morgan fingerprint density at radius 1 is 1.38 bits per heavy atom.